The molecule has 1 aromatic carbocycles. The molecule has 2 aromatic rings. The predicted octanol–water partition coefficient (Wildman–Crippen LogP) is 2.26. The van der Waals surface area contributed by atoms with Gasteiger partial charge in [-0.25, -0.2) is 8.42 Å². The molecule has 1 aliphatic carbocycles. The second-order valence-corrected chi connectivity index (χ2v) is 8.84. The standard InChI is InChI=1S/C16H20N4O4S2/c1-26(22,23)20-13-8-6-11(7-9-13)15-18-19-16(24-15)25-10-14(21)17-12-4-2-3-5-12/h6-9,12,20H,2-5,10H2,1H3,(H,17,21). The highest BCUT2D eigenvalue weighted by Crippen LogP contribution is 2.25. The molecule has 1 heterocycles. The lowest BCUT2D eigenvalue weighted by molar-refractivity contribution is -0.119. The Hall–Kier alpha value is -2.07. The Kier molecular flexibility index (Phi) is 5.82. The predicted molar refractivity (Wildman–Crippen MR) is 99.3 cm³/mol. The van der Waals surface area contributed by atoms with Gasteiger partial charge in [0.2, 0.25) is 21.8 Å². The molecule has 26 heavy (non-hydrogen) atoms. The van der Waals surface area contributed by atoms with Crippen molar-refractivity contribution < 1.29 is 17.6 Å². The van der Waals surface area contributed by atoms with E-state index >= 15 is 0 Å². The molecule has 1 fully saturated rings. The average molecular weight is 396 g/mol. The number of carbonyl (C=O) groups is 1. The van der Waals surface area contributed by atoms with Crippen molar-refractivity contribution in [3.63, 3.8) is 0 Å². The molecular formula is C16H20N4O4S2. The van der Waals surface area contributed by atoms with Crippen LogP contribution in [0.2, 0.25) is 0 Å². The van der Waals surface area contributed by atoms with Crippen LogP contribution in [0.25, 0.3) is 11.5 Å². The number of anilines is 1. The fraction of sp³-hybridized carbons (Fsp3) is 0.438. The quantitative estimate of drug-likeness (QED) is 0.690. The lowest BCUT2D eigenvalue weighted by Gasteiger charge is -2.10. The van der Waals surface area contributed by atoms with Crippen LogP contribution >= 0.6 is 11.8 Å². The number of nitrogens with one attached hydrogen (secondary N) is 2. The first-order valence-corrected chi connectivity index (χ1v) is 11.1. The summed E-state index contributed by atoms with van der Waals surface area (Å²) in [4.78, 5) is 11.9. The van der Waals surface area contributed by atoms with Gasteiger partial charge in [0, 0.05) is 17.3 Å². The summed E-state index contributed by atoms with van der Waals surface area (Å²) in [5.74, 6) is 0.516. The molecule has 0 saturated heterocycles. The SMILES string of the molecule is CS(=O)(=O)Nc1ccc(-c2nnc(SCC(=O)NC3CCCC3)o2)cc1. The molecule has 2 N–H and O–H groups in total. The molecule has 10 heteroatoms. The van der Waals surface area contributed by atoms with E-state index in [0.717, 1.165) is 19.1 Å². The Morgan fingerprint density at radius 3 is 2.58 bits per heavy atom. The van der Waals surface area contributed by atoms with Crippen molar-refractivity contribution in [1.29, 1.82) is 0 Å². The van der Waals surface area contributed by atoms with Crippen molar-refractivity contribution in [1.82, 2.24) is 15.5 Å². The van der Waals surface area contributed by atoms with Crippen LogP contribution in [0.1, 0.15) is 25.7 Å². The van der Waals surface area contributed by atoms with E-state index in [9.17, 15) is 13.2 Å². The average Bonchev–Trinajstić information content (AvgIpc) is 3.24. The van der Waals surface area contributed by atoms with Crippen LogP contribution in [-0.2, 0) is 14.8 Å². The molecule has 140 valence electrons. The number of aromatic nitrogens is 2. The summed E-state index contributed by atoms with van der Waals surface area (Å²) in [7, 11) is -3.32. The molecule has 0 atom stereocenters. The number of amides is 1. The third-order valence-electron chi connectivity index (χ3n) is 3.89. The highest BCUT2D eigenvalue weighted by Gasteiger charge is 2.18. The third kappa shape index (κ3) is 5.46. The van der Waals surface area contributed by atoms with Gasteiger partial charge in [-0.3, -0.25) is 9.52 Å². The van der Waals surface area contributed by atoms with Crippen LogP contribution in [-0.4, -0.2) is 42.6 Å². The van der Waals surface area contributed by atoms with Gasteiger partial charge in [0.25, 0.3) is 5.22 Å². The Labute approximate surface area is 156 Å². The van der Waals surface area contributed by atoms with E-state index in [1.54, 1.807) is 24.3 Å². The minimum absolute atomic E-state index is 0.0298. The summed E-state index contributed by atoms with van der Waals surface area (Å²) >= 11 is 1.19. The maximum atomic E-state index is 11.9. The van der Waals surface area contributed by atoms with Gasteiger partial charge in [0.05, 0.1) is 12.0 Å². The highest BCUT2D eigenvalue weighted by molar-refractivity contribution is 7.99. The maximum Gasteiger partial charge on any atom is 0.277 e. The molecule has 8 nitrogen and oxygen atoms in total. The summed E-state index contributed by atoms with van der Waals surface area (Å²) in [6.07, 6.45) is 5.52. The fourth-order valence-electron chi connectivity index (χ4n) is 2.75. The van der Waals surface area contributed by atoms with Gasteiger partial charge in [-0.15, -0.1) is 10.2 Å². The first-order chi connectivity index (χ1) is 12.4. The summed E-state index contributed by atoms with van der Waals surface area (Å²) in [5, 5.41) is 11.2. The Bertz CT molecular complexity index is 859. The second-order valence-electron chi connectivity index (χ2n) is 6.16. The number of thioether (sulfide) groups is 1. The second kappa shape index (κ2) is 8.09. The number of nitrogens with zero attached hydrogens (tertiary/aromatic N) is 2. The zero-order chi connectivity index (χ0) is 18.6. The van der Waals surface area contributed by atoms with Gasteiger partial charge < -0.3 is 9.73 Å². The van der Waals surface area contributed by atoms with Crippen molar-refractivity contribution in [2.24, 2.45) is 0 Å². The van der Waals surface area contributed by atoms with Crippen molar-refractivity contribution in [2.45, 2.75) is 36.9 Å². The number of carbonyl (C=O) groups excluding carboxylic acids is 1. The van der Waals surface area contributed by atoms with E-state index in [0.29, 0.717) is 28.4 Å². The number of hydrogen-bond donors (Lipinski definition) is 2. The molecule has 0 spiro atoms. The van der Waals surface area contributed by atoms with Gasteiger partial charge in [-0.2, -0.15) is 0 Å². The van der Waals surface area contributed by atoms with Crippen LogP contribution in [0.5, 0.6) is 0 Å². The molecular weight excluding hydrogens is 376 g/mol. The van der Waals surface area contributed by atoms with E-state index in [1.165, 1.54) is 24.6 Å². The van der Waals surface area contributed by atoms with E-state index in [1.807, 2.05) is 0 Å². The Morgan fingerprint density at radius 1 is 1.23 bits per heavy atom. The summed E-state index contributed by atoms with van der Waals surface area (Å²) < 4.78 is 30.4. The van der Waals surface area contributed by atoms with Crippen LogP contribution in [0.15, 0.2) is 33.9 Å². The van der Waals surface area contributed by atoms with E-state index < -0.39 is 10.0 Å². The van der Waals surface area contributed by atoms with Crippen molar-refractivity contribution in [3.05, 3.63) is 24.3 Å². The monoisotopic (exact) mass is 396 g/mol. The van der Waals surface area contributed by atoms with Crippen LogP contribution < -0.4 is 10.0 Å². The topological polar surface area (TPSA) is 114 Å². The van der Waals surface area contributed by atoms with Gasteiger partial charge in [-0.05, 0) is 37.1 Å². The van der Waals surface area contributed by atoms with E-state index in [4.69, 9.17) is 4.42 Å². The third-order valence-corrected chi connectivity index (χ3v) is 5.31. The maximum absolute atomic E-state index is 11.9. The number of hydrogen-bond acceptors (Lipinski definition) is 7. The smallest absolute Gasteiger partial charge is 0.277 e. The molecule has 1 amide bonds. The van der Waals surface area contributed by atoms with Crippen molar-refractivity contribution >= 4 is 33.4 Å². The van der Waals surface area contributed by atoms with Crippen molar-refractivity contribution in [2.75, 3.05) is 16.7 Å². The zero-order valence-electron chi connectivity index (χ0n) is 14.3. The van der Waals surface area contributed by atoms with Gasteiger partial charge in [0.1, 0.15) is 0 Å². The largest absolute Gasteiger partial charge is 0.411 e. The van der Waals surface area contributed by atoms with E-state index in [2.05, 4.69) is 20.2 Å². The molecule has 1 aromatic heterocycles. The number of benzene rings is 1. The first kappa shape index (κ1) is 18.7. The van der Waals surface area contributed by atoms with Gasteiger partial charge in [-0.1, -0.05) is 24.6 Å². The number of rotatable bonds is 7. The molecule has 3 rings (SSSR count). The molecule has 0 radical (unpaired) electrons. The summed E-state index contributed by atoms with van der Waals surface area (Å²) in [5.41, 5.74) is 1.12. The summed E-state index contributed by atoms with van der Waals surface area (Å²) in [6.45, 7) is 0. The minimum atomic E-state index is -3.32. The van der Waals surface area contributed by atoms with Gasteiger partial charge in [0.15, 0.2) is 0 Å². The fourth-order valence-corrected chi connectivity index (χ4v) is 3.89. The molecule has 0 aliphatic heterocycles. The van der Waals surface area contributed by atoms with Gasteiger partial charge >= 0.3 is 0 Å². The lowest BCUT2D eigenvalue weighted by Crippen LogP contribution is -2.33. The molecule has 1 saturated carbocycles. The summed E-state index contributed by atoms with van der Waals surface area (Å²) in [6, 6.07) is 6.88. The Morgan fingerprint density at radius 2 is 1.92 bits per heavy atom. The molecule has 0 bridgehead atoms. The van der Waals surface area contributed by atoms with Crippen molar-refractivity contribution in [3.8, 4) is 11.5 Å². The molecule has 0 unspecified atom stereocenters. The number of sulfonamides is 1. The highest BCUT2D eigenvalue weighted by atomic mass is 32.2. The Balaban J connectivity index is 1.54. The van der Waals surface area contributed by atoms with E-state index in [-0.39, 0.29) is 11.7 Å². The molecule has 1 aliphatic rings. The van der Waals surface area contributed by atoms with Crippen LogP contribution in [0, 0.1) is 0 Å². The van der Waals surface area contributed by atoms with Crippen LogP contribution in [0.3, 0.4) is 0 Å². The van der Waals surface area contributed by atoms with Crippen LogP contribution in [0.4, 0.5) is 5.69 Å². The lowest BCUT2D eigenvalue weighted by atomic mass is 10.2. The normalized spacial score (nSPS) is 15.1. The zero-order valence-corrected chi connectivity index (χ0v) is 15.9. The first-order valence-electron chi connectivity index (χ1n) is 8.23. The minimum Gasteiger partial charge on any atom is -0.411 e.